The van der Waals surface area contributed by atoms with E-state index in [-0.39, 0.29) is 42.1 Å². The molecule has 5 nitrogen and oxygen atoms in total. The van der Waals surface area contributed by atoms with Crippen LogP contribution in [0.1, 0.15) is 77.7 Å². The molecule has 36 heavy (non-hydrogen) atoms. The number of ether oxygens (including phenoxy) is 1. The molecule has 196 valence electrons. The summed E-state index contributed by atoms with van der Waals surface area (Å²) in [7, 11) is 0. The molecule has 7 rings (SSSR count). The molecule has 4 aliphatic heterocycles. The first kappa shape index (κ1) is 24.9. The topological polar surface area (TPSA) is 51.2 Å². The van der Waals surface area contributed by atoms with Crippen LogP contribution in [0.3, 0.4) is 0 Å². The van der Waals surface area contributed by atoms with E-state index in [0.717, 1.165) is 44.2 Å². The summed E-state index contributed by atoms with van der Waals surface area (Å²) in [5.74, 6) is 9.03. The second-order valence-corrected chi connectivity index (χ2v) is 12.6. The SMILES string of the molecule is C[C@H]1[C@@H](C[C@@H](C#Cc2ccccc2)N2CCC[C@H]2CO)O[C@H]2C[C@]3(C)CC[C@H]4[C@H](C)CC[C@@H]1[C@@]24OO3. The van der Waals surface area contributed by atoms with Crippen LogP contribution in [0.4, 0.5) is 0 Å². The monoisotopic (exact) mass is 493 g/mol. The predicted molar refractivity (Wildman–Crippen MR) is 139 cm³/mol. The molecule has 1 aromatic rings. The van der Waals surface area contributed by atoms with Gasteiger partial charge in [0, 0.05) is 24.4 Å². The first-order chi connectivity index (χ1) is 17.4. The first-order valence-electron chi connectivity index (χ1n) is 14.4. The van der Waals surface area contributed by atoms with Gasteiger partial charge in [0.15, 0.2) is 0 Å². The zero-order chi connectivity index (χ0) is 24.9. The lowest BCUT2D eigenvalue weighted by atomic mass is 9.55. The average molecular weight is 494 g/mol. The number of aliphatic hydroxyl groups excluding tert-OH is 1. The Morgan fingerprint density at radius 2 is 1.92 bits per heavy atom. The number of nitrogens with zero attached hydrogens (tertiary/aromatic N) is 1. The lowest BCUT2D eigenvalue weighted by Crippen LogP contribution is -2.69. The molecule has 4 saturated heterocycles. The van der Waals surface area contributed by atoms with Crippen molar-refractivity contribution >= 4 is 0 Å². The summed E-state index contributed by atoms with van der Waals surface area (Å²) in [6.07, 6.45) is 8.81. The number of likely N-dealkylation sites (tertiary alicyclic amines) is 1. The number of benzene rings is 1. The largest absolute Gasteiger partial charge is 0.395 e. The standard InChI is InChI=1S/C31H43NO4/c1-21-11-14-27-22(2)28(34-29-19-30(3)16-15-26(21)31(27,29)36-35-30)18-24(32-17-7-10-25(32)20-33)13-12-23-8-5-4-6-9-23/h4-6,8-9,21-22,24-29,33H,7,10-11,14-20H2,1-3H3/t21-,22-,24-,25+,26+,27+,28-,29+,30+,31-/m1/s1. The van der Waals surface area contributed by atoms with Crippen molar-refractivity contribution in [3.05, 3.63) is 35.9 Å². The molecular weight excluding hydrogens is 450 g/mol. The number of rotatable bonds is 4. The Morgan fingerprint density at radius 1 is 1.08 bits per heavy atom. The van der Waals surface area contributed by atoms with Crippen LogP contribution in [0.2, 0.25) is 0 Å². The van der Waals surface area contributed by atoms with Gasteiger partial charge in [-0.2, -0.15) is 0 Å². The van der Waals surface area contributed by atoms with Gasteiger partial charge in [-0.15, -0.1) is 0 Å². The van der Waals surface area contributed by atoms with Gasteiger partial charge in [-0.1, -0.05) is 43.9 Å². The van der Waals surface area contributed by atoms with Crippen molar-refractivity contribution in [3.8, 4) is 11.8 Å². The fourth-order valence-electron chi connectivity index (χ4n) is 8.46. The second-order valence-electron chi connectivity index (χ2n) is 12.6. The lowest BCUT2D eigenvalue weighted by molar-refractivity contribution is -0.487. The lowest BCUT2D eigenvalue weighted by Gasteiger charge is -2.61. The zero-order valence-corrected chi connectivity index (χ0v) is 22.2. The van der Waals surface area contributed by atoms with Gasteiger partial charge in [0.05, 0.1) is 24.9 Å². The molecule has 0 amide bonds. The van der Waals surface area contributed by atoms with Gasteiger partial charge in [0.1, 0.15) is 11.2 Å². The number of fused-ring (bicyclic) bond motifs is 2. The van der Waals surface area contributed by atoms with Gasteiger partial charge in [-0.25, -0.2) is 9.78 Å². The molecule has 1 spiro atoms. The maximum absolute atomic E-state index is 10.1. The second kappa shape index (κ2) is 9.71. The Balaban J connectivity index is 1.30. The molecule has 0 radical (unpaired) electrons. The van der Waals surface area contributed by atoms with Gasteiger partial charge in [-0.05, 0) is 87.8 Å². The molecule has 1 N–H and O–H groups in total. The summed E-state index contributed by atoms with van der Waals surface area (Å²) in [6.45, 7) is 8.18. The molecule has 0 unspecified atom stereocenters. The van der Waals surface area contributed by atoms with E-state index in [1.807, 2.05) is 18.2 Å². The van der Waals surface area contributed by atoms with Crippen LogP contribution in [-0.4, -0.2) is 58.7 Å². The molecule has 6 fully saturated rings. The Labute approximate surface area is 216 Å². The van der Waals surface area contributed by atoms with Crippen molar-refractivity contribution < 1.29 is 19.6 Å². The van der Waals surface area contributed by atoms with E-state index >= 15 is 0 Å². The fraction of sp³-hybridized carbons (Fsp3) is 0.742. The van der Waals surface area contributed by atoms with E-state index in [1.165, 1.54) is 19.3 Å². The Morgan fingerprint density at radius 3 is 2.72 bits per heavy atom. The highest BCUT2D eigenvalue weighted by Gasteiger charge is 2.68. The van der Waals surface area contributed by atoms with E-state index < -0.39 is 0 Å². The van der Waals surface area contributed by atoms with Crippen molar-refractivity contribution in [2.45, 2.75) is 108 Å². The van der Waals surface area contributed by atoms with Crippen molar-refractivity contribution in [2.75, 3.05) is 13.2 Å². The summed E-state index contributed by atoms with van der Waals surface area (Å²) >= 11 is 0. The summed E-state index contributed by atoms with van der Waals surface area (Å²) < 4.78 is 7.11. The molecule has 2 aliphatic carbocycles. The van der Waals surface area contributed by atoms with Crippen molar-refractivity contribution in [2.24, 2.45) is 23.7 Å². The van der Waals surface area contributed by atoms with Crippen LogP contribution in [-0.2, 0) is 14.5 Å². The van der Waals surface area contributed by atoms with Crippen LogP contribution in [0.15, 0.2) is 30.3 Å². The Kier molecular flexibility index (Phi) is 6.72. The number of aliphatic hydroxyl groups is 1. The molecule has 0 aromatic heterocycles. The highest BCUT2D eigenvalue weighted by atomic mass is 17.2. The Hall–Kier alpha value is -1.42. The van der Waals surface area contributed by atoms with Crippen LogP contribution in [0.25, 0.3) is 0 Å². The highest BCUT2D eigenvalue weighted by Crippen LogP contribution is 2.61. The molecule has 6 aliphatic rings. The minimum Gasteiger partial charge on any atom is -0.395 e. The fourth-order valence-corrected chi connectivity index (χ4v) is 8.46. The van der Waals surface area contributed by atoms with E-state index in [2.05, 4.69) is 49.6 Å². The van der Waals surface area contributed by atoms with Crippen LogP contribution < -0.4 is 0 Å². The third kappa shape index (κ3) is 4.14. The summed E-state index contributed by atoms with van der Waals surface area (Å²) in [5.41, 5.74) is 0.477. The highest BCUT2D eigenvalue weighted by molar-refractivity contribution is 5.35. The minimum atomic E-state index is -0.309. The van der Waals surface area contributed by atoms with E-state index in [1.54, 1.807) is 0 Å². The molecule has 2 bridgehead atoms. The van der Waals surface area contributed by atoms with Crippen molar-refractivity contribution in [1.82, 2.24) is 4.90 Å². The zero-order valence-electron chi connectivity index (χ0n) is 22.2. The Bertz CT molecular complexity index is 989. The van der Waals surface area contributed by atoms with Crippen LogP contribution in [0.5, 0.6) is 0 Å². The van der Waals surface area contributed by atoms with Crippen LogP contribution >= 0.6 is 0 Å². The number of hydrogen-bond donors (Lipinski definition) is 1. The molecule has 1 aromatic carbocycles. The van der Waals surface area contributed by atoms with Gasteiger partial charge in [0.25, 0.3) is 0 Å². The van der Waals surface area contributed by atoms with Crippen molar-refractivity contribution in [1.29, 1.82) is 0 Å². The summed E-state index contributed by atoms with van der Waals surface area (Å²) in [6, 6.07) is 10.5. The van der Waals surface area contributed by atoms with Gasteiger partial charge in [-0.3, -0.25) is 4.90 Å². The quantitative estimate of drug-likeness (QED) is 0.475. The summed E-state index contributed by atoms with van der Waals surface area (Å²) in [4.78, 5) is 15.1. The van der Waals surface area contributed by atoms with Gasteiger partial charge >= 0.3 is 0 Å². The third-order valence-corrected chi connectivity index (χ3v) is 10.5. The van der Waals surface area contributed by atoms with E-state index in [4.69, 9.17) is 14.5 Å². The molecular formula is C31H43NO4. The molecule has 2 saturated carbocycles. The van der Waals surface area contributed by atoms with Crippen molar-refractivity contribution in [3.63, 3.8) is 0 Å². The van der Waals surface area contributed by atoms with Gasteiger partial charge in [0.2, 0.25) is 0 Å². The smallest absolute Gasteiger partial charge is 0.136 e. The minimum absolute atomic E-state index is 0.0698. The average Bonchev–Trinajstić information content (AvgIpc) is 3.25. The molecule has 5 heteroatoms. The maximum Gasteiger partial charge on any atom is 0.136 e. The van der Waals surface area contributed by atoms with Crippen LogP contribution in [0, 0.1) is 35.5 Å². The molecule has 4 heterocycles. The summed E-state index contributed by atoms with van der Waals surface area (Å²) in [5, 5.41) is 10.1. The first-order valence-corrected chi connectivity index (χ1v) is 14.4. The van der Waals surface area contributed by atoms with Gasteiger partial charge < -0.3 is 9.84 Å². The van der Waals surface area contributed by atoms with E-state index in [0.29, 0.717) is 23.7 Å². The maximum atomic E-state index is 10.1. The number of hydrogen-bond acceptors (Lipinski definition) is 5. The normalized spacial score (nSPS) is 44.8. The third-order valence-electron chi connectivity index (χ3n) is 10.5. The van der Waals surface area contributed by atoms with E-state index in [9.17, 15) is 5.11 Å². The molecule has 10 atom stereocenters. The predicted octanol–water partition coefficient (Wildman–Crippen LogP) is 4.96.